The average Bonchev–Trinajstić information content (AvgIpc) is 2.57. The SMILES string of the molecule is Cn1cnc2ccc(Nc3nc(Cl)nc4c3S(=O)(=O)CCC4)cc2c1=O. The number of benzene rings is 1. The number of sulfone groups is 1. The first-order valence-electron chi connectivity index (χ1n) is 7.87. The minimum Gasteiger partial charge on any atom is -0.339 e. The second-order valence-corrected chi connectivity index (χ2v) is 8.44. The van der Waals surface area contributed by atoms with E-state index in [1.54, 1.807) is 25.2 Å². The zero-order valence-electron chi connectivity index (χ0n) is 13.7. The molecule has 0 aliphatic carbocycles. The average molecular weight is 392 g/mol. The van der Waals surface area contributed by atoms with Crippen LogP contribution in [0.25, 0.3) is 10.9 Å². The Kier molecular flexibility index (Phi) is 3.92. The molecule has 2 aromatic heterocycles. The first-order chi connectivity index (χ1) is 12.3. The molecule has 0 saturated heterocycles. The third-order valence-electron chi connectivity index (χ3n) is 4.23. The van der Waals surface area contributed by atoms with Gasteiger partial charge in [-0.2, -0.15) is 4.98 Å². The zero-order chi connectivity index (χ0) is 18.5. The quantitative estimate of drug-likeness (QED) is 0.664. The number of aromatic nitrogens is 4. The fourth-order valence-electron chi connectivity index (χ4n) is 3.01. The summed E-state index contributed by atoms with van der Waals surface area (Å²) in [5.41, 5.74) is 1.28. The second kappa shape index (κ2) is 6.03. The standard InChI is InChI=1S/C16H14ClN5O3S/c1-22-8-18-11-5-4-9(7-10(11)15(22)23)19-14-13-12(20-16(17)21-14)3-2-6-26(13,24)25/h4-5,7-8H,2-3,6H2,1H3,(H,19,20,21). The normalized spacial score (nSPS) is 15.6. The summed E-state index contributed by atoms with van der Waals surface area (Å²) in [6.07, 6.45) is 2.47. The van der Waals surface area contributed by atoms with Crippen LogP contribution in [0.2, 0.25) is 5.28 Å². The first kappa shape index (κ1) is 16.9. The minimum absolute atomic E-state index is 0.0262. The molecule has 0 amide bonds. The molecule has 8 nitrogen and oxygen atoms in total. The first-order valence-corrected chi connectivity index (χ1v) is 9.90. The van der Waals surface area contributed by atoms with Crippen LogP contribution in [0.1, 0.15) is 12.1 Å². The lowest BCUT2D eigenvalue weighted by Crippen LogP contribution is -2.20. The Hall–Kier alpha value is -2.52. The van der Waals surface area contributed by atoms with Crippen molar-refractivity contribution in [2.45, 2.75) is 17.7 Å². The number of halogens is 1. The molecule has 3 heterocycles. The van der Waals surface area contributed by atoms with Crippen LogP contribution in [0, 0.1) is 0 Å². The summed E-state index contributed by atoms with van der Waals surface area (Å²) in [6, 6.07) is 5.00. The molecule has 26 heavy (non-hydrogen) atoms. The second-order valence-electron chi connectivity index (χ2n) is 6.06. The van der Waals surface area contributed by atoms with Crippen molar-refractivity contribution in [3.63, 3.8) is 0 Å². The number of nitrogens with one attached hydrogen (secondary N) is 1. The van der Waals surface area contributed by atoms with Crippen molar-refractivity contribution in [2.24, 2.45) is 7.05 Å². The Labute approximate surface area is 153 Å². The minimum atomic E-state index is -3.49. The molecule has 0 bridgehead atoms. The highest BCUT2D eigenvalue weighted by Gasteiger charge is 2.30. The van der Waals surface area contributed by atoms with Crippen molar-refractivity contribution in [2.75, 3.05) is 11.1 Å². The maximum absolute atomic E-state index is 12.5. The van der Waals surface area contributed by atoms with Gasteiger partial charge in [-0.05, 0) is 42.6 Å². The summed E-state index contributed by atoms with van der Waals surface area (Å²) in [5, 5.41) is 3.36. The van der Waals surface area contributed by atoms with E-state index in [0.717, 1.165) is 0 Å². The predicted molar refractivity (Wildman–Crippen MR) is 97.7 cm³/mol. The topological polar surface area (TPSA) is 107 Å². The van der Waals surface area contributed by atoms with Gasteiger partial charge in [-0.15, -0.1) is 0 Å². The number of hydrogen-bond acceptors (Lipinski definition) is 7. The largest absolute Gasteiger partial charge is 0.339 e. The predicted octanol–water partition coefficient (Wildman–Crippen LogP) is 1.84. The van der Waals surface area contributed by atoms with Crippen molar-refractivity contribution in [1.82, 2.24) is 19.5 Å². The Balaban J connectivity index is 1.86. The van der Waals surface area contributed by atoms with E-state index in [9.17, 15) is 13.2 Å². The van der Waals surface area contributed by atoms with E-state index in [2.05, 4.69) is 20.3 Å². The maximum Gasteiger partial charge on any atom is 0.260 e. The monoisotopic (exact) mass is 391 g/mol. The smallest absolute Gasteiger partial charge is 0.260 e. The van der Waals surface area contributed by atoms with Crippen LogP contribution in [0.4, 0.5) is 11.5 Å². The van der Waals surface area contributed by atoms with Gasteiger partial charge >= 0.3 is 0 Å². The highest BCUT2D eigenvalue weighted by molar-refractivity contribution is 7.91. The number of anilines is 2. The van der Waals surface area contributed by atoms with Crippen LogP contribution in [0.15, 0.2) is 34.2 Å². The number of fused-ring (bicyclic) bond motifs is 2. The molecular weight excluding hydrogens is 378 g/mol. The van der Waals surface area contributed by atoms with E-state index >= 15 is 0 Å². The summed E-state index contributed by atoms with van der Waals surface area (Å²) in [7, 11) is -1.88. The Morgan fingerprint density at radius 3 is 2.88 bits per heavy atom. The molecule has 10 heteroatoms. The molecular formula is C16H14ClN5O3S. The third kappa shape index (κ3) is 2.82. The van der Waals surface area contributed by atoms with Gasteiger partial charge in [0, 0.05) is 12.7 Å². The molecule has 0 spiro atoms. The van der Waals surface area contributed by atoms with Gasteiger partial charge in [0.05, 0.1) is 28.7 Å². The highest BCUT2D eigenvalue weighted by atomic mass is 35.5. The van der Waals surface area contributed by atoms with Crippen molar-refractivity contribution < 1.29 is 8.42 Å². The van der Waals surface area contributed by atoms with Gasteiger partial charge in [-0.1, -0.05) is 0 Å². The Bertz CT molecular complexity index is 1210. The summed E-state index contributed by atoms with van der Waals surface area (Å²) in [5.74, 6) is 0.168. The van der Waals surface area contributed by atoms with Crippen molar-refractivity contribution in [3.8, 4) is 0 Å². The molecule has 0 fully saturated rings. The van der Waals surface area contributed by atoms with E-state index in [4.69, 9.17) is 11.6 Å². The molecule has 134 valence electrons. The van der Waals surface area contributed by atoms with Gasteiger partial charge in [0.25, 0.3) is 5.56 Å². The zero-order valence-corrected chi connectivity index (χ0v) is 15.3. The molecule has 0 radical (unpaired) electrons. The molecule has 1 aliphatic heterocycles. The van der Waals surface area contributed by atoms with E-state index in [0.29, 0.717) is 35.1 Å². The van der Waals surface area contributed by atoms with Crippen molar-refractivity contribution >= 4 is 43.8 Å². The molecule has 1 aromatic carbocycles. The van der Waals surface area contributed by atoms with Gasteiger partial charge in [0.2, 0.25) is 5.28 Å². The summed E-state index contributed by atoms with van der Waals surface area (Å²) in [4.78, 5) is 24.7. The van der Waals surface area contributed by atoms with Crippen molar-refractivity contribution in [1.29, 1.82) is 0 Å². The Morgan fingerprint density at radius 1 is 1.27 bits per heavy atom. The molecule has 0 saturated carbocycles. The van der Waals surface area contributed by atoms with Crippen LogP contribution >= 0.6 is 11.6 Å². The van der Waals surface area contributed by atoms with Gasteiger partial charge in [-0.25, -0.2) is 18.4 Å². The highest BCUT2D eigenvalue weighted by Crippen LogP contribution is 2.32. The Morgan fingerprint density at radius 2 is 2.08 bits per heavy atom. The number of rotatable bonds is 2. The number of hydrogen-bond donors (Lipinski definition) is 1. The van der Waals surface area contributed by atoms with E-state index in [1.165, 1.54) is 10.9 Å². The van der Waals surface area contributed by atoms with E-state index < -0.39 is 9.84 Å². The number of aryl methyl sites for hydroxylation is 2. The molecule has 1 N–H and O–H groups in total. The summed E-state index contributed by atoms with van der Waals surface area (Å²) >= 11 is 5.96. The van der Waals surface area contributed by atoms with Gasteiger partial charge in [-0.3, -0.25) is 4.79 Å². The lowest BCUT2D eigenvalue weighted by molar-refractivity contribution is 0.584. The van der Waals surface area contributed by atoms with Gasteiger partial charge < -0.3 is 9.88 Å². The van der Waals surface area contributed by atoms with Crippen LogP contribution in [0.3, 0.4) is 0 Å². The lowest BCUT2D eigenvalue weighted by Gasteiger charge is -2.19. The summed E-state index contributed by atoms with van der Waals surface area (Å²) < 4.78 is 26.3. The molecule has 4 rings (SSSR count). The van der Waals surface area contributed by atoms with Gasteiger partial charge in [0.1, 0.15) is 4.90 Å². The van der Waals surface area contributed by atoms with Crippen LogP contribution in [-0.4, -0.2) is 33.7 Å². The maximum atomic E-state index is 12.5. The van der Waals surface area contributed by atoms with Crippen LogP contribution in [0.5, 0.6) is 0 Å². The van der Waals surface area contributed by atoms with Crippen LogP contribution < -0.4 is 10.9 Å². The third-order valence-corrected chi connectivity index (χ3v) is 6.27. The fraction of sp³-hybridized carbons (Fsp3) is 0.250. The molecule has 1 aliphatic rings. The fourth-order valence-corrected chi connectivity index (χ4v) is 4.82. The number of nitrogens with zero attached hydrogens (tertiary/aromatic N) is 4. The van der Waals surface area contributed by atoms with E-state index in [-0.39, 0.29) is 27.3 Å². The molecule has 0 atom stereocenters. The molecule has 3 aromatic rings. The van der Waals surface area contributed by atoms with Crippen LogP contribution in [-0.2, 0) is 23.3 Å². The van der Waals surface area contributed by atoms with Gasteiger partial charge in [0.15, 0.2) is 15.7 Å². The van der Waals surface area contributed by atoms with E-state index in [1.807, 2.05) is 0 Å². The summed E-state index contributed by atoms with van der Waals surface area (Å²) in [6.45, 7) is 0. The van der Waals surface area contributed by atoms with Crippen molar-refractivity contribution in [3.05, 3.63) is 45.9 Å². The molecule has 0 unspecified atom stereocenters. The lowest BCUT2D eigenvalue weighted by atomic mass is 10.2.